The van der Waals surface area contributed by atoms with E-state index in [4.69, 9.17) is 9.15 Å². The van der Waals surface area contributed by atoms with Crippen molar-refractivity contribution in [2.45, 2.75) is 0 Å². The van der Waals surface area contributed by atoms with Crippen LogP contribution in [-0.4, -0.2) is 20.2 Å². The van der Waals surface area contributed by atoms with E-state index in [0.29, 0.717) is 17.5 Å². The lowest BCUT2D eigenvalue weighted by atomic mass is 10.2. The van der Waals surface area contributed by atoms with Gasteiger partial charge in [0.25, 0.3) is 0 Å². The van der Waals surface area contributed by atoms with Crippen LogP contribution in [0, 0.1) is 0 Å². The molecule has 0 fully saturated rings. The summed E-state index contributed by atoms with van der Waals surface area (Å²) in [5.41, 5.74) is 0.836. The van der Waals surface area contributed by atoms with Crippen molar-refractivity contribution in [3.63, 3.8) is 0 Å². The molecule has 0 aliphatic rings. The van der Waals surface area contributed by atoms with Crippen molar-refractivity contribution in [2.24, 2.45) is 0 Å². The van der Waals surface area contributed by atoms with E-state index in [0.717, 1.165) is 15.8 Å². The molecule has 0 unspecified atom stereocenters. The standard InChI is InChI=1S/C14H8N4O2S/c1-3-10(4-2-9(1)12-18-17-8-19-12)20-13-11-5-6-21-14(11)16-7-15-13/h1-8H. The maximum Gasteiger partial charge on any atom is 0.247 e. The summed E-state index contributed by atoms with van der Waals surface area (Å²) in [4.78, 5) is 9.28. The molecule has 4 aromatic rings. The van der Waals surface area contributed by atoms with Crippen LogP contribution in [0.3, 0.4) is 0 Å². The highest BCUT2D eigenvalue weighted by Crippen LogP contribution is 2.30. The van der Waals surface area contributed by atoms with Crippen LogP contribution >= 0.6 is 11.3 Å². The fraction of sp³-hybridized carbons (Fsp3) is 0. The van der Waals surface area contributed by atoms with Gasteiger partial charge < -0.3 is 9.15 Å². The Labute approximate surface area is 123 Å². The van der Waals surface area contributed by atoms with Gasteiger partial charge in [0.2, 0.25) is 18.2 Å². The Balaban J connectivity index is 1.64. The maximum absolute atomic E-state index is 5.81. The molecule has 1 aromatic carbocycles. The summed E-state index contributed by atoms with van der Waals surface area (Å²) in [7, 11) is 0. The fourth-order valence-corrected chi connectivity index (χ4v) is 2.65. The molecule has 0 saturated heterocycles. The summed E-state index contributed by atoms with van der Waals surface area (Å²) < 4.78 is 11.0. The lowest BCUT2D eigenvalue weighted by Crippen LogP contribution is -1.89. The summed E-state index contributed by atoms with van der Waals surface area (Å²) in [5, 5.41) is 10.4. The molecule has 0 radical (unpaired) electrons. The van der Waals surface area contributed by atoms with E-state index in [-0.39, 0.29) is 0 Å². The van der Waals surface area contributed by atoms with Crippen LogP contribution in [0.5, 0.6) is 11.6 Å². The number of hydrogen-bond donors (Lipinski definition) is 0. The van der Waals surface area contributed by atoms with Crippen molar-refractivity contribution in [1.29, 1.82) is 0 Å². The third-order valence-electron chi connectivity index (χ3n) is 2.90. The molecule has 0 saturated carbocycles. The Bertz CT molecular complexity index is 872. The van der Waals surface area contributed by atoms with Gasteiger partial charge in [-0.15, -0.1) is 21.5 Å². The quantitative estimate of drug-likeness (QED) is 0.575. The summed E-state index contributed by atoms with van der Waals surface area (Å²) in [6.45, 7) is 0. The van der Waals surface area contributed by atoms with Crippen molar-refractivity contribution in [2.75, 3.05) is 0 Å². The first-order valence-electron chi connectivity index (χ1n) is 6.13. The first kappa shape index (κ1) is 12.0. The normalized spacial score (nSPS) is 10.9. The largest absolute Gasteiger partial charge is 0.438 e. The summed E-state index contributed by atoms with van der Waals surface area (Å²) in [5.74, 6) is 1.71. The number of rotatable bonds is 3. The van der Waals surface area contributed by atoms with Crippen LogP contribution in [-0.2, 0) is 0 Å². The first-order valence-corrected chi connectivity index (χ1v) is 7.01. The lowest BCUT2D eigenvalue weighted by Gasteiger charge is -2.05. The average molecular weight is 296 g/mol. The predicted molar refractivity (Wildman–Crippen MR) is 77.2 cm³/mol. The van der Waals surface area contributed by atoms with E-state index in [9.17, 15) is 0 Å². The minimum absolute atomic E-state index is 0.476. The number of fused-ring (bicyclic) bond motifs is 1. The number of hydrogen-bond acceptors (Lipinski definition) is 7. The third kappa shape index (κ3) is 2.23. The van der Waals surface area contributed by atoms with Gasteiger partial charge in [-0.3, -0.25) is 0 Å². The van der Waals surface area contributed by atoms with Crippen molar-refractivity contribution in [3.05, 3.63) is 48.4 Å². The second-order valence-electron chi connectivity index (χ2n) is 4.19. The molecule has 0 aliphatic heterocycles. The molecule has 0 N–H and O–H groups in total. The van der Waals surface area contributed by atoms with Gasteiger partial charge in [0.15, 0.2) is 0 Å². The van der Waals surface area contributed by atoms with E-state index in [2.05, 4.69) is 20.2 Å². The second kappa shape index (κ2) is 4.95. The molecular weight excluding hydrogens is 288 g/mol. The molecule has 6 nitrogen and oxygen atoms in total. The van der Waals surface area contributed by atoms with Gasteiger partial charge in [-0.2, -0.15) is 0 Å². The predicted octanol–water partition coefficient (Wildman–Crippen LogP) is 3.53. The molecule has 0 bridgehead atoms. The van der Waals surface area contributed by atoms with Gasteiger partial charge in [-0.05, 0) is 35.7 Å². The topological polar surface area (TPSA) is 73.9 Å². The Morgan fingerprint density at radius 1 is 1.05 bits per heavy atom. The Kier molecular flexibility index (Phi) is 2.82. The summed E-state index contributed by atoms with van der Waals surface area (Å²) in [6, 6.07) is 9.32. The highest BCUT2D eigenvalue weighted by Gasteiger charge is 2.08. The molecule has 4 rings (SSSR count). The molecule has 102 valence electrons. The lowest BCUT2D eigenvalue weighted by molar-refractivity contribution is 0.468. The fourth-order valence-electron chi connectivity index (χ4n) is 1.92. The van der Waals surface area contributed by atoms with Gasteiger partial charge in [-0.1, -0.05) is 0 Å². The molecule has 3 aromatic heterocycles. The number of thiophene rings is 1. The van der Waals surface area contributed by atoms with E-state index in [1.807, 2.05) is 35.7 Å². The zero-order chi connectivity index (χ0) is 14.1. The highest BCUT2D eigenvalue weighted by molar-refractivity contribution is 7.16. The van der Waals surface area contributed by atoms with Crippen molar-refractivity contribution >= 4 is 21.6 Å². The Hall–Kier alpha value is -2.80. The van der Waals surface area contributed by atoms with Gasteiger partial charge in [-0.25, -0.2) is 9.97 Å². The SMILES string of the molecule is c1nc(Oc2ccc(-c3nnco3)cc2)c2ccsc2n1. The zero-order valence-corrected chi connectivity index (χ0v) is 11.4. The minimum Gasteiger partial charge on any atom is -0.438 e. The molecule has 0 aliphatic carbocycles. The summed E-state index contributed by atoms with van der Waals surface area (Å²) >= 11 is 1.55. The van der Waals surface area contributed by atoms with E-state index in [1.54, 1.807) is 11.3 Å². The number of aromatic nitrogens is 4. The van der Waals surface area contributed by atoms with E-state index >= 15 is 0 Å². The molecule has 0 atom stereocenters. The van der Waals surface area contributed by atoms with Crippen LogP contribution in [0.1, 0.15) is 0 Å². The first-order chi connectivity index (χ1) is 10.4. The molecular formula is C14H8N4O2S. The average Bonchev–Trinajstić information content (AvgIpc) is 3.20. The van der Waals surface area contributed by atoms with Crippen molar-refractivity contribution in [3.8, 4) is 23.1 Å². The van der Waals surface area contributed by atoms with Gasteiger partial charge in [0, 0.05) is 5.56 Å². The minimum atomic E-state index is 0.476. The molecule has 21 heavy (non-hydrogen) atoms. The molecule has 3 heterocycles. The zero-order valence-electron chi connectivity index (χ0n) is 10.6. The van der Waals surface area contributed by atoms with Gasteiger partial charge in [0.05, 0.1) is 5.39 Å². The van der Waals surface area contributed by atoms with Crippen molar-refractivity contribution < 1.29 is 9.15 Å². The number of benzene rings is 1. The Morgan fingerprint density at radius 2 is 1.95 bits per heavy atom. The highest BCUT2D eigenvalue weighted by atomic mass is 32.1. The second-order valence-corrected chi connectivity index (χ2v) is 5.08. The Morgan fingerprint density at radius 3 is 2.76 bits per heavy atom. The third-order valence-corrected chi connectivity index (χ3v) is 3.72. The number of ether oxygens (including phenoxy) is 1. The van der Waals surface area contributed by atoms with Gasteiger partial charge >= 0.3 is 0 Å². The molecule has 0 amide bonds. The van der Waals surface area contributed by atoms with E-state index < -0.39 is 0 Å². The van der Waals surface area contributed by atoms with Crippen LogP contribution in [0.25, 0.3) is 21.7 Å². The maximum atomic E-state index is 5.81. The van der Waals surface area contributed by atoms with Crippen molar-refractivity contribution in [1.82, 2.24) is 20.2 Å². The van der Waals surface area contributed by atoms with Crippen LogP contribution < -0.4 is 4.74 Å². The van der Waals surface area contributed by atoms with Gasteiger partial charge in [0.1, 0.15) is 16.9 Å². The molecule has 7 heteroatoms. The molecule has 0 spiro atoms. The van der Waals surface area contributed by atoms with Crippen LogP contribution in [0.4, 0.5) is 0 Å². The van der Waals surface area contributed by atoms with Crippen LogP contribution in [0.2, 0.25) is 0 Å². The smallest absolute Gasteiger partial charge is 0.247 e. The van der Waals surface area contributed by atoms with E-state index in [1.165, 1.54) is 12.7 Å². The van der Waals surface area contributed by atoms with Crippen LogP contribution in [0.15, 0.2) is 52.9 Å². The summed E-state index contributed by atoms with van der Waals surface area (Å²) in [6.07, 6.45) is 2.80. The number of nitrogens with zero attached hydrogens (tertiary/aromatic N) is 4. The monoisotopic (exact) mass is 296 g/mol.